The second-order valence-corrected chi connectivity index (χ2v) is 6.35. The van der Waals surface area contributed by atoms with E-state index in [2.05, 4.69) is 5.32 Å². The molecule has 130 valence electrons. The topological polar surface area (TPSA) is 81.5 Å². The number of hydrogen-bond donors (Lipinski definition) is 1. The molecule has 3 rings (SSSR count). The van der Waals surface area contributed by atoms with Crippen LogP contribution in [0.4, 0.5) is 0 Å². The van der Waals surface area contributed by atoms with Gasteiger partial charge >= 0.3 is 5.97 Å². The third kappa shape index (κ3) is 3.36. The molecule has 7 heteroatoms. The highest BCUT2D eigenvalue weighted by Crippen LogP contribution is 2.40. The Morgan fingerprint density at radius 3 is 2.32 bits per heavy atom. The Labute approximate surface area is 149 Å². The molecule has 0 unspecified atom stereocenters. The van der Waals surface area contributed by atoms with Crippen LogP contribution in [0, 0.1) is 10.1 Å². The van der Waals surface area contributed by atoms with Gasteiger partial charge in [-0.15, -0.1) is 0 Å². The molecule has 0 bridgehead atoms. The minimum atomic E-state index is -1.01. The summed E-state index contributed by atoms with van der Waals surface area (Å²) in [7, 11) is 1.28. The molecule has 1 heterocycles. The Morgan fingerprint density at radius 1 is 1.12 bits per heavy atom. The van der Waals surface area contributed by atoms with Crippen LogP contribution in [0.25, 0.3) is 0 Å². The van der Waals surface area contributed by atoms with Gasteiger partial charge in [-0.1, -0.05) is 54.1 Å². The van der Waals surface area contributed by atoms with E-state index in [0.29, 0.717) is 10.6 Å². The van der Waals surface area contributed by atoms with Crippen molar-refractivity contribution in [3.8, 4) is 0 Å². The second kappa shape index (κ2) is 7.21. The summed E-state index contributed by atoms with van der Waals surface area (Å²) in [6.45, 7) is 0. The quantitative estimate of drug-likeness (QED) is 0.515. The number of benzene rings is 2. The van der Waals surface area contributed by atoms with Crippen LogP contribution in [0.5, 0.6) is 0 Å². The zero-order chi connectivity index (χ0) is 18.0. The summed E-state index contributed by atoms with van der Waals surface area (Å²) >= 11 is 5.93. The summed E-state index contributed by atoms with van der Waals surface area (Å²) in [6.07, 6.45) is 0. The predicted molar refractivity (Wildman–Crippen MR) is 93.1 cm³/mol. The Hall–Kier alpha value is -2.44. The number of hydrogen-bond acceptors (Lipinski definition) is 5. The van der Waals surface area contributed by atoms with Crippen molar-refractivity contribution in [1.82, 2.24) is 5.32 Å². The van der Waals surface area contributed by atoms with Crippen LogP contribution in [0.1, 0.15) is 23.1 Å². The van der Waals surface area contributed by atoms with Crippen molar-refractivity contribution in [2.75, 3.05) is 7.11 Å². The summed E-state index contributed by atoms with van der Waals surface area (Å²) < 4.78 is 4.87. The predicted octanol–water partition coefficient (Wildman–Crippen LogP) is 2.96. The number of nitrogens with zero attached hydrogens (tertiary/aromatic N) is 1. The second-order valence-electron chi connectivity index (χ2n) is 5.91. The number of methoxy groups -OCH3 is 1. The average Bonchev–Trinajstić information content (AvgIpc) is 3.03. The van der Waals surface area contributed by atoms with Gasteiger partial charge in [-0.2, -0.15) is 0 Å². The molecule has 0 aromatic heterocycles. The number of rotatable bonds is 4. The van der Waals surface area contributed by atoms with Crippen molar-refractivity contribution in [3.63, 3.8) is 0 Å². The Morgan fingerprint density at radius 2 is 1.76 bits per heavy atom. The first kappa shape index (κ1) is 17.4. The molecular weight excluding hydrogens is 344 g/mol. The molecular formula is C18H17ClN2O4. The van der Waals surface area contributed by atoms with E-state index in [1.165, 1.54) is 7.11 Å². The van der Waals surface area contributed by atoms with Gasteiger partial charge in [0.05, 0.1) is 13.0 Å². The lowest BCUT2D eigenvalue weighted by molar-refractivity contribution is -0.527. The molecule has 2 aromatic carbocycles. The number of halogens is 1. The van der Waals surface area contributed by atoms with Crippen LogP contribution in [0.2, 0.25) is 5.02 Å². The van der Waals surface area contributed by atoms with Crippen molar-refractivity contribution in [3.05, 3.63) is 80.9 Å². The lowest BCUT2D eigenvalue weighted by Crippen LogP contribution is -2.37. The van der Waals surface area contributed by atoms with Crippen LogP contribution < -0.4 is 5.32 Å². The molecule has 6 nitrogen and oxygen atoms in total. The summed E-state index contributed by atoms with van der Waals surface area (Å²) in [5, 5.41) is 15.5. The molecule has 2 aromatic rings. The Balaban J connectivity index is 2.08. The summed E-state index contributed by atoms with van der Waals surface area (Å²) in [4.78, 5) is 23.8. The van der Waals surface area contributed by atoms with Gasteiger partial charge in [0, 0.05) is 9.95 Å². The SMILES string of the molecule is COC(=O)[C@@H]1N[C@H](c2ccccc2)[C@@H]([N+](=O)[O-])[C@@H]1c1ccc(Cl)cc1. The third-order valence-corrected chi connectivity index (χ3v) is 4.79. The third-order valence-electron chi connectivity index (χ3n) is 4.54. The van der Waals surface area contributed by atoms with Crippen LogP contribution in [-0.4, -0.2) is 30.1 Å². The van der Waals surface area contributed by atoms with Crippen molar-refractivity contribution < 1.29 is 14.5 Å². The van der Waals surface area contributed by atoms with Crippen molar-refractivity contribution >= 4 is 17.6 Å². The van der Waals surface area contributed by atoms with Crippen LogP contribution >= 0.6 is 11.6 Å². The number of nitro groups is 1. The van der Waals surface area contributed by atoms with E-state index >= 15 is 0 Å². The first-order valence-electron chi connectivity index (χ1n) is 7.80. The molecule has 0 spiro atoms. The summed E-state index contributed by atoms with van der Waals surface area (Å²) in [5.74, 6) is -1.19. The monoisotopic (exact) mass is 360 g/mol. The summed E-state index contributed by atoms with van der Waals surface area (Å²) in [5.41, 5.74) is 1.43. The molecule has 1 N–H and O–H groups in total. The smallest absolute Gasteiger partial charge is 0.323 e. The molecule has 0 saturated carbocycles. The molecule has 1 aliphatic rings. The molecule has 0 aliphatic carbocycles. The van der Waals surface area contributed by atoms with Crippen molar-refractivity contribution in [1.29, 1.82) is 0 Å². The van der Waals surface area contributed by atoms with E-state index in [1.54, 1.807) is 24.3 Å². The highest BCUT2D eigenvalue weighted by atomic mass is 35.5. The number of carbonyl (C=O) groups is 1. The molecule has 0 amide bonds. The molecule has 1 saturated heterocycles. The zero-order valence-electron chi connectivity index (χ0n) is 13.5. The van der Waals surface area contributed by atoms with Crippen molar-refractivity contribution in [2.24, 2.45) is 0 Å². The first-order chi connectivity index (χ1) is 12.0. The molecule has 4 atom stereocenters. The fourth-order valence-corrected chi connectivity index (χ4v) is 3.55. The largest absolute Gasteiger partial charge is 0.468 e. The maximum atomic E-state index is 12.3. The first-order valence-corrected chi connectivity index (χ1v) is 8.18. The van der Waals surface area contributed by atoms with Crippen molar-refractivity contribution in [2.45, 2.75) is 24.0 Å². The number of esters is 1. The fraction of sp³-hybridized carbons (Fsp3) is 0.278. The van der Waals surface area contributed by atoms with Gasteiger partial charge in [-0.05, 0) is 23.3 Å². The standard InChI is InChI=1S/C18H17ClN2O4/c1-25-18(22)16-14(11-7-9-13(19)10-8-11)17(21(23)24)15(20-16)12-5-3-2-4-6-12/h2-10,14-17,20H,1H3/t14-,15-,16-,17+/m1/s1. The maximum absolute atomic E-state index is 12.3. The molecule has 1 aliphatic heterocycles. The van der Waals surface area contributed by atoms with Crippen LogP contribution in [0.3, 0.4) is 0 Å². The lowest BCUT2D eigenvalue weighted by atomic mass is 9.85. The Bertz CT molecular complexity index is 766. The van der Waals surface area contributed by atoms with Gasteiger partial charge in [0.15, 0.2) is 0 Å². The van der Waals surface area contributed by atoms with Gasteiger partial charge in [0.25, 0.3) is 0 Å². The summed E-state index contributed by atoms with van der Waals surface area (Å²) in [6, 6.07) is 13.4. The highest BCUT2D eigenvalue weighted by Gasteiger charge is 2.54. The zero-order valence-corrected chi connectivity index (χ0v) is 14.2. The van der Waals surface area contributed by atoms with Crippen LogP contribution in [0.15, 0.2) is 54.6 Å². The maximum Gasteiger partial charge on any atom is 0.323 e. The number of ether oxygens (including phenoxy) is 1. The highest BCUT2D eigenvalue weighted by molar-refractivity contribution is 6.30. The van der Waals surface area contributed by atoms with Gasteiger partial charge in [0.1, 0.15) is 12.1 Å². The minimum Gasteiger partial charge on any atom is -0.468 e. The lowest BCUT2D eigenvalue weighted by Gasteiger charge is -2.19. The van der Waals surface area contributed by atoms with E-state index in [9.17, 15) is 14.9 Å². The number of nitrogens with one attached hydrogen (secondary N) is 1. The van der Waals surface area contributed by atoms with E-state index < -0.39 is 30.0 Å². The molecule has 25 heavy (non-hydrogen) atoms. The molecule has 1 fully saturated rings. The fourth-order valence-electron chi connectivity index (χ4n) is 3.42. The minimum absolute atomic E-state index is 0.327. The van der Waals surface area contributed by atoms with Gasteiger partial charge in [0.2, 0.25) is 6.04 Å². The number of carbonyl (C=O) groups excluding carboxylic acids is 1. The van der Waals surface area contributed by atoms with E-state index in [-0.39, 0.29) is 4.92 Å². The average molecular weight is 361 g/mol. The normalized spacial score (nSPS) is 25.5. The van der Waals surface area contributed by atoms with E-state index in [1.807, 2.05) is 30.3 Å². The van der Waals surface area contributed by atoms with Gasteiger partial charge in [-0.3, -0.25) is 20.2 Å². The molecule has 0 radical (unpaired) electrons. The van der Waals surface area contributed by atoms with Gasteiger partial charge < -0.3 is 4.74 Å². The Kier molecular flexibility index (Phi) is 5.01. The van der Waals surface area contributed by atoms with Gasteiger partial charge in [-0.25, -0.2) is 0 Å². The van der Waals surface area contributed by atoms with E-state index in [0.717, 1.165) is 5.56 Å². The van der Waals surface area contributed by atoms with E-state index in [4.69, 9.17) is 16.3 Å². The van der Waals surface area contributed by atoms with Crippen LogP contribution in [-0.2, 0) is 9.53 Å².